The van der Waals surface area contributed by atoms with Gasteiger partial charge in [-0.15, -0.1) is 0 Å². The third-order valence-corrected chi connectivity index (χ3v) is 2.20. The number of hydrogen-bond acceptors (Lipinski definition) is 5. The summed E-state index contributed by atoms with van der Waals surface area (Å²) in [6, 6.07) is 0. The molecule has 0 spiro atoms. The fourth-order valence-electron chi connectivity index (χ4n) is 1.20. The van der Waals surface area contributed by atoms with Gasteiger partial charge in [0.05, 0.1) is 0 Å². The molecule has 3 fully saturated rings. The highest BCUT2D eigenvalue weighted by Gasteiger charge is 2.58. The molecule has 3 saturated heterocycles. The van der Waals surface area contributed by atoms with Gasteiger partial charge in [0.1, 0.15) is 19.8 Å². The molecule has 68 valence electrons. The fourth-order valence-corrected chi connectivity index (χ4v) is 1.20. The Morgan fingerprint density at radius 1 is 1.25 bits per heavy atom. The van der Waals surface area contributed by atoms with E-state index in [0.29, 0.717) is 0 Å². The maximum Gasteiger partial charge on any atom is 0.291 e. The number of hydrogen-bond donors (Lipinski definition) is 0. The van der Waals surface area contributed by atoms with Crippen LogP contribution in [-0.4, -0.2) is 36.3 Å². The summed E-state index contributed by atoms with van der Waals surface area (Å²) in [5, 5.41) is 10.6. The molecule has 6 heteroatoms. The lowest BCUT2D eigenvalue weighted by molar-refractivity contribution is -0.639. The Hall–Kier alpha value is -0.720. The molecule has 3 aliphatic heterocycles. The van der Waals surface area contributed by atoms with E-state index < -0.39 is 16.4 Å². The smallest absolute Gasteiger partial charge is 0.291 e. The normalized spacial score (nSPS) is 46.1. The van der Waals surface area contributed by atoms with Gasteiger partial charge in [-0.2, -0.15) is 0 Å². The van der Waals surface area contributed by atoms with Crippen LogP contribution in [0.25, 0.3) is 0 Å². The van der Waals surface area contributed by atoms with Crippen LogP contribution in [0, 0.1) is 10.1 Å². The average Bonchev–Trinajstić information content (AvgIpc) is 2.06. The Morgan fingerprint density at radius 2 is 1.67 bits per heavy atom. The average molecular weight is 175 g/mol. The molecule has 0 aromatic heterocycles. The van der Waals surface area contributed by atoms with E-state index in [1.165, 1.54) is 0 Å². The lowest BCUT2D eigenvalue weighted by Gasteiger charge is -2.45. The van der Waals surface area contributed by atoms with Crippen LogP contribution in [0.15, 0.2) is 0 Å². The first-order valence-corrected chi connectivity index (χ1v) is 3.63. The zero-order chi connectivity index (χ0) is 8.82. The van der Waals surface area contributed by atoms with Crippen molar-refractivity contribution in [1.29, 1.82) is 0 Å². The minimum absolute atomic E-state index is 0.0660. The molecule has 0 atom stereocenters. The molecule has 6 nitrogen and oxygen atoms in total. The van der Waals surface area contributed by atoms with E-state index in [2.05, 4.69) is 0 Å². The summed E-state index contributed by atoms with van der Waals surface area (Å²) in [5.41, 5.74) is -1.18. The lowest BCUT2D eigenvalue weighted by atomic mass is 10.0. The summed E-state index contributed by atoms with van der Waals surface area (Å²) < 4.78 is 15.1. The first-order chi connectivity index (χ1) is 5.56. The van der Waals surface area contributed by atoms with Crippen LogP contribution in [0.3, 0.4) is 0 Å². The second-order valence-corrected chi connectivity index (χ2v) is 3.21. The van der Waals surface area contributed by atoms with Crippen molar-refractivity contribution in [2.45, 2.75) is 18.4 Å². The Morgan fingerprint density at radius 3 is 2.00 bits per heavy atom. The molecule has 0 aromatic rings. The van der Waals surface area contributed by atoms with E-state index in [1.807, 2.05) is 0 Å². The Bertz CT molecular complexity index is 203. The monoisotopic (exact) mass is 175 g/mol. The summed E-state index contributed by atoms with van der Waals surface area (Å²) in [5.74, 6) is -1.06. The Labute approximate surface area is 68.5 Å². The largest absolute Gasteiger partial charge is 0.320 e. The van der Waals surface area contributed by atoms with Crippen molar-refractivity contribution in [1.82, 2.24) is 0 Å². The van der Waals surface area contributed by atoms with E-state index >= 15 is 0 Å². The minimum atomic E-state index is -1.18. The standard InChI is InChI=1S/C6H9NO5/c1-5-10-2-6(3-11-5,4-12-5)7(8)9/h2-4H2,1H3. The van der Waals surface area contributed by atoms with Crippen LogP contribution < -0.4 is 0 Å². The van der Waals surface area contributed by atoms with Gasteiger partial charge in [-0.1, -0.05) is 0 Å². The van der Waals surface area contributed by atoms with Crippen molar-refractivity contribution in [2.24, 2.45) is 0 Å². The Kier molecular flexibility index (Phi) is 1.42. The number of fused-ring (bicyclic) bond motifs is 3. The van der Waals surface area contributed by atoms with E-state index in [0.717, 1.165) is 0 Å². The molecule has 0 unspecified atom stereocenters. The molecule has 3 aliphatic rings. The number of nitro groups is 1. The van der Waals surface area contributed by atoms with Crippen molar-refractivity contribution in [3.8, 4) is 0 Å². The minimum Gasteiger partial charge on any atom is -0.320 e. The van der Waals surface area contributed by atoms with Gasteiger partial charge in [0, 0.05) is 11.8 Å². The molecule has 12 heavy (non-hydrogen) atoms. The van der Waals surface area contributed by atoms with E-state index in [9.17, 15) is 10.1 Å². The van der Waals surface area contributed by atoms with Crippen LogP contribution in [0.4, 0.5) is 0 Å². The molecule has 0 N–H and O–H groups in total. The van der Waals surface area contributed by atoms with Crippen molar-refractivity contribution in [3.63, 3.8) is 0 Å². The maximum absolute atomic E-state index is 10.6. The first kappa shape index (κ1) is 7.90. The third-order valence-electron chi connectivity index (χ3n) is 2.20. The summed E-state index contributed by atoms with van der Waals surface area (Å²) >= 11 is 0. The highest BCUT2D eigenvalue weighted by molar-refractivity contribution is 4.87. The molecule has 0 aliphatic carbocycles. The zero-order valence-electron chi connectivity index (χ0n) is 6.61. The predicted octanol–water partition coefficient (Wildman–Crippen LogP) is -0.247. The van der Waals surface area contributed by atoms with E-state index in [4.69, 9.17) is 14.2 Å². The van der Waals surface area contributed by atoms with Crippen molar-refractivity contribution < 1.29 is 19.1 Å². The van der Waals surface area contributed by atoms with Crippen LogP contribution in [-0.2, 0) is 14.2 Å². The van der Waals surface area contributed by atoms with E-state index in [-0.39, 0.29) is 19.8 Å². The van der Waals surface area contributed by atoms with Gasteiger partial charge < -0.3 is 14.2 Å². The first-order valence-electron chi connectivity index (χ1n) is 3.63. The van der Waals surface area contributed by atoms with Gasteiger partial charge in [0.2, 0.25) is 0 Å². The molecule has 3 heterocycles. The van der Waals surface area contributed by atoms with Gasteiger partial charge in [0.25, 0.3) is 11.5 Å². The Balaban J connectivity index is 2.20. The number of rotatable bonds is 1. The summed E-state index contributed by atoms with van der Waals surface area (Å²) in [6.45, 7) is 1.81. The fraction of sp³-hybridized carbons (Fsp3) is 1.00. The topological polar surface area (TPSA) is 70.8 Å². The predicted molar refractivity (Wildman–Crippen MR) is 36.0 cm³/mol. The molecule has 0 amide bonds. The van der Waals surface area contributed by atoms with Crippen LogP contribution >= 0.6 is 0 Å². The van der Waals surface area contributed by atoms with Crippen molar-refractivity contribution in [3.05, 3.63) is 10.1 Å². The van der Waals surface area contributed by atoms with Gasteiger partial charge in [-0.05, 0) is 0 Å². The maximum atomic E-state index is 10.6. The molecule has 0 aromatic carbocycles. The van der Waals surface area contributed by atoms with Gasteiger partial charge in [0.15, 0.2) is 0 Å². The molecular formula is C6H9NO5. The number of nitrogens with zero attached hydrogens (tertiary/aromatic N) is 1. The summed E-state index contributed by atoms with van der Waals surface area (Å²) in [7, 11) is 0. The van der Waals surface area contributed by atoms with Crippen molar-refractivity contribution >= 4 is 0 Å². The summed E-state index contributed by atoms with van der Waals surface area (Å²) in [4.78, 5) is 10.2. The van der Waals surface area contributed by atoms with Crippen LogP contribution in [0.5, 0.6) is 0 Å². The quantitative estimate of drug-likeness (QED) is 0.406. The second-order valence-electron chi connectivity index (χ2n) is 3.21. The van der Waals surface area contributed by atoms with Gasteiger partial charge >= 0.3 is 0 Å². The second kappa shape index (κ2) is 2.15. The molecule has 3 rings (SSSR count). The molecular weight excluding hydrogens is 166 g/mol. The van der Waals surface area contributed by atoms with Crippen LogP contribution in [0.2, 0.25) is 0 Å². The van der Waals surface area contributed by atoms with Gasteiger partial charge in [-0.3, -0.25) is 10.1 Å². The van der Waals surface area contributed by atoms with Crippen molar-refractivity contribution in [2.75, 3.05) is 19.8 Å². The molecule has 0 radical (unpaired) electrons. The van der Waals surface area contributed by atoms with E-state index in [1.54, 1.807) is 6.92 Å². The highest BCUT2D eigenvalue weighted by Crippen LogP contribution is 2.33. The lowest BCUT2D eigenvalue weighted by Crippen LogP contribution is -2.66. The zero-order valence-corrected chi connectivity index (χ0v) is 6.61. The third kappa shape index (κ3) is 0.921. The SMILES string of the molecule is CC12OCC([N+](=O)[O-])(CO1)CO2. The van der Waals surface area contributed by atoms with Gasteiger partial charge in [-0.25, -0.2) is 0 Å². The van der Waals surface area contributed by atoms with Crippen LogP contribution in [0.1, 0.15) is 6.92 Å². The summed E-state index contributed by atoms with van der Waals surface area (Å²) in [6.07, 6.45) is 0. The number of ether oxygens (including phenoxy) is 3. The molecule has 0 saturated carbocycles. The highest BCUT2D eigenvalue weighted by atomic mass is 16.9. The molecule has 2 bridgehead atoms.